The number of rotatable bonds is 2. The molecule has 1 atom stereocenters. The summed E-state index contributed by atoms with van der Waals surface area (Å²) in [5.41, 5.74) is 0. The summed E-state index contributed by atoms with van der Waals surface area (Å²) in [7, 11) is 0. The van der Waals surface area contributed by atoms with Crippen LogP contribution in [-0.4, -0.2) is 16.4 Å². The Kier molecular flexibility index (Phi) is 6.10. The Balaban J connectivity index is 3.39. The van der Waals surface area contributed by atoms with Gasteiger partial charge in [0.15, 0.2) is 0 Å². The molecule has 0 heterocycles. The van der Waals surface area contributed by atoms with Crippen LogP contribution in [0.5, 0.6) is 0 Å². The predicted molar refractivity (Wildman–Crippen MR) is 55.7 cm³/mol. The topological polar surface area (TPSA) is 0 Å². The predicted octanol–water partition coefficient (Wildman–Crippen LogP) is 3.89. The Morgan fingerprint density at radius 2 is 1.75 bits per heavy atom. The number of hydrogen-bond acceptors (Lipinski definition) is 0. The monoisotopic (exact) mass is 488 g/mol. The van der Waals surface area contributed by atoms with Gasteiger partial charge < -0.3 is 0 Å². The summed E-state index contributed by atoms with van der Waals surface area (Å²) >= 11 is 12.4. The van der Waals surface area contributed by atoms with Gasteiger partial charge in [0.2, 0.25) is 0 Å². The van der Waals surface area contributed by atoms with Gasteiger partial charge in [0.25, 0.3) is 0 Å². The van der Waals surface area contributed by atoms with Crippen LogP contribution in [0.2, 0.25) is 4.47 Å². The molecule has 0 rings (SSSR count). The number of hydrogen-bond donors (Lipinski definition) is 0. The third-order valence-corrected chi connectivity index (χ3v) is 9.90. The maximum absolute atomic E-state index is 3.57. The molecule has 0 radical (unpaired) electrons. The van der Waals surface area contributed by atoms with E-state index < -0.39 is 11.6 Å². The molecule has 0 bridgehead atoms. The van der Waals surface area contributed by atoms with Crippen LogP contribution >= 0.6 is 54.2 Å². The van der Waals surface area contributed by atoms with Crippen molar-refractivity contribution in [1.82, 2.24) is 0 Å². The first kappa shape index (κ1) is 10.7. The van der Waals surface area contributed by atoms with E-state index >= 15 is 0 Å². The number of halogens is 4. The summed E-state index contributed by atoms with van der Waals surface area (Å²) in [4.78, 5) is 0.599. The first-order chi connectivity index (χ1) is 3.42. The molecule has 0 saturated heterocycles. The Morgan fingerprint density at radius 1 is 1.38 bits per heavy atom. The van der Waals surface area contributed by atoms with Crippen molar-refractivity contribution >= 4 is 65.8 Å². The summed E-state index contributed by atoms with van der Waals surface area (Å²) in [6.07, 6.45) is 0. The summed E-state index contributed by atoms with van der Waals surface area (Å²) < 4.78 is 1.18. The van der Waals surface area contributed by atoms with E-state index in [0.717, 1.165) is 0 Å². The van der Waals surface area contributed by atoms with Gasteiger partial charge in [-0.05, 0) is 0 Å². The fraction of sp³-hybridized carbons (Fsp3) is 1.00. The van der Waals surface area contributed by atoms with Gasteiger partial charge >= 0.3 is 82.0 Å². The molecule has 0 nitrogen and oxygen atoms in total. The van der Waals surface area contributed by atoms with E-state index in [2.05, 4.69) is 61.1 Å². The van der Waals surface area contributed by atoms with Crippen LogP contribution in [0, 0.1) is 0 Å². The fourth-order valence-corrected chi connectivity index (χ4v) is 19.5. The van der Waals surface area contributed by atoms with E-state index in [0.29, 0.717) is 4.83 Å². The summed E-state index contributed by atoms with van der Waals surface area (Å²) in [5.74, 6) is 0. The average molecular weight is 489 g/mol. The van der Waals surface area contributed by atoms with Gasteiger partial charge in [-0.2, -0.15) is 0 Å². The van der Waals surface area contributed by atoms with Crippen molar-refractivity contribution in [1.29, 1.82) is 0 Å². The molecule has 0 fully saturated rings. The van der Waals surface area contributed by atoms with Crippen LogP contribution < -0.4 is 0 Å². The van der Waals surface area contributed by atoms with Crippen molar-refractivity contribution in [2.24, 2.45) is 0 Å². The molecule has 0 amide bonds. The Bertz CT molecular complexity index is 66.2. The molecular formula is C3H6Br4Te. The molecular weight excluding hydrogens is 483 g/mol. The number of alkyl halides is 1. The normalized spacial score (nSPS) is 18.1. The maximum atomic E-state index is 3.57. The molecule has 0 aliphatic heterocycles. The van der Waals surface area contributed by atoms with E-state index in [-0.39, 0.29) is 0 Å². The van der Waals surface area contributed by atoms with Crippen molar-refractivity contribution < 1.29 is 0 Å². The third-order valence-electron chi connectivity index (χ3n) is 0.419. The van der Waals surface area contributed by atoms with Crippen molar-refractivity contribution in [3.8, 4) is 0 Å². The molecule has 0 aromatic heterocycles. The Morgan fingerprint density at radius 3 is 1.75 bits per heavy atom. The van der Waals surface area contributed by atoms with Gasteiger partial charge in [-0.25, -0.2) is 0 Å². The van der Waals surface area contributed by atoms with E-state index in [4.69, 9.17) is 0 Å². The summed E-state index contributed by atoms with van der Waals surface area (Å²) in [6, 6.07) is 0. The van der Waals surface area contributed by atoms with Crippen LogP contribution in [0.25, 0.3) is 0 Å². The SMILES string of the molecule is CC(Br)C[Te](Br)(Br)Br. The first-order valence-corrected chi connectivity index (χ1v) is 20.2. The molecule has 52 valence electrons. The molecule has 0 spiro atoms. The van der Waals surface area contributed by atoms with Crippen LogP contribution in [0.3, 0.4) is 0 Å². The Labute approximate surface area is 80.5 Å². The molecule has 0 aliphatic rings. The van der Waals surface area contributed by atoms with E-state index in [9.17, 15) is 0 Å². The standard InChI is InChI=1S/C3H6Br4Te/c1-3(4)2-8(5,6)7/h3H,2H2,1H3. The zero-order valence-electron chi connectivity index (χ0n) is 4.20. The van der Waals surface area contributed by atoms with Gasteiger partial charge in [0.1, 0.15) is 0 Å². The van der Waals surface area contributed by atoms with Crippen LogP contribution in [-0.2, 0) is 0 Å². The molecule has 0 N–H and O–H groups in total. The average Bonchev–Trinajstić information content (AvgIpc) is 1.21. The summed E-state index contributed by atoms with van der Waals surface area (Å²) in [6.45, 7) is 2.14. The minimum absolute atomic E-state index is 0.599. The molecule has 0 aliphatic carbocycles. The van der Waals surface area contributed by atoms with Crippen molar-refractivity contribution in [3.63, 3.8) is 0 Å². The molecule has 0 aromatic carbocycles. The zero-order valence-corrected chi connectivity index (χ0v) is 12.9. The first-order valence-electron chi connectivity index (χ1n) is 1.96. The van der Waals surface area contributed by atoms with Gasteiger partial charge in [0, 0.05) is 0 Å². The van der Waals surface area contributed by atoms with Crippen molar-refractivity contribution in [2.75, 3.05) is 0 Å². The van der Waals surface area contributed by atoms with Gasteiger partial charge in [-0.1, -0.05) is 0 Å². The second kappa shape index (κ2) is 4.56. The zero-order chi connectivity index (χ0) is 6.78. The quantitative estimate of drug-likeness (QED) is 0.408. The second-order valence-electron chi connectivity index (χ2n) is 1.45. The van der Waals surface area contributed by atoms with Gasteiger partial charge in [-0.15, -0.1) is 0 Å². The second-order valence-corrected chi connectivity index (χ2v) is 46.6. The minimum atomic E-state index is -1.79. The summed E-state index contributed by atoms with van der Waals surface area (Å²) in [5, 5.41) is 0. The van der Waals surface area contributed by atoms with Crippen molar-refractivity contribution in [2.45, 2.75) is 16.2 Å². The molecule has 1 unspecified atom stereocenters. The molecule has 0 saturated carbocycles. The Hall–Kier alpha value is 2.71. The van der Waals surface area contributed by atoms with Gasteiger partial charge in [0.05, 0.1) is 0 Å². The van der Waals surface area contributed by atoms with E-state index in [1.807, 2.05) is 0 Å². The van der Waals surface area contributed by atoms with E-state index in [1.54, 1.807) is 0 Å². The fourth-order valence-electron chi connectivity index (χ4n) is 0.260. The third kappa shape index (κ3) is 8.71. The van der Waals surface area contributed by atoms with E-state index in [1.165, 1.54) is 4.47 Å². The van der Waals surface area contributed by atoms with Crippen molar-refractivity contribution in [3.05, 3.63) is 0 Å². The van der Waals surface area contributed by atoms with Gasteiger partial charge in [-0.3, -0.25) is 0 Å². The molecule has 5 heteroatoms. The van der Waals surface area contributed by atoms with Crippen LogP contribution in [0.4, 0.5) is 0 Å². The molecule has 0 aromatic rings. The van der Waals surface area contributed by atoms with Crippen LogP contribution in [0.1, 0.15) is 6.92 Å². The molecule has 8 heavy (non-hydrogen) atoms. The van der Waals surface area contributed by atoms with Crippen LogP contribution in [0.15, 0.2) is 0 Å².